The molecular weight excluding hydrogens is 250 g/mol. The van der Waals surface area contributed by atoms with Gasteiger partial charge in [-0.25, -0.2) is 9.78 Å². The maximum absolute atomic E-state index is 11.9. The molecular formula is C12H17N3O4. The first-order valence-corrected chi connectivity index (χ1v) is 6.16. The van der Waals surface area contributed by atoms with Gasteiger partial charge in [-0.05, 0) is 18.9 Å². The van der Waals surface area contributed by atoms with Crippen LogP contribution in [0.25, 0.3) is 0 Å². The summed E-state index contributed by atoms with van der Waals surface area (Å²) in [4.78, 5) is 26.9. The first-order chi connectivity index (χ1) is 9.15. The molecule has 0 aliphatic carbocycles. The average Bonchev–Trinajstić information content (AvgIpc) is 2.42. The Morgan fingerprint density at radius 3 is 2.89 bits per heavy atom. The van der Waals surface area contributed by atoms with Crippen LogP contribution in [0.5, 0.6) is 0 Å². The van der Waals surface area contributed by atoms with E-state index >= 15 is 0 Å². The van der Waals surface area contributed by atoms with Crippen molar-refractivity contribution >= 4 is 5.91 Å². The van der Waals surface area contributed by atoms with Crippen molar-refractivity contribution in [1.29, 1.82) is 0 Å². The molecule has 0 atom stereocenters. The van der Waals surface area contributed by atoms with Gasteiger partial charge in [0, 0.05) is 25.6 Å². The minimum Gasteiger partial charge on any atom is -0.394 e. The number of amides is 1. The summed E-state index contributed by atoms with van der Waals surface area (Å²) in [7, 11) is 0. The van der Waals surface area contributed by atoms with Crippen LogP contribution in [0.4, 0.5) is 0 Å². The molecule has 1 aliphatic rings. The van der Waals surface area contributed by atoms with Crippen molar-refractivity contribution in [2.45, 2.75) is 24.9 Å². The van der Waals surface area contributed by atoms with Crippen molar-refractivity contribution in [3.05, 3.63) is 28.9 Å². The number of aliphatic hydroxyl groups is 1. The van der Waals surface area contributed by atoms with Crippen LogP contribution in [-0.4, -0.2) is 45.9 Å². The van der Waals surface area contributed by atoms with E-state index in [9.17, 15) is 14.7 Å². The predicted molar refractivity (Wildman–Crippen MR) is 66.5 cm³/mol. The van der Waals surface area contributed by atoms with Gasteiger partial charge in [0.2, 0.25) is 5.91 Å². The second-order valence-corrected chi connectivity index (χ2v) is 4.63. The molecule has 7 nitrogen and oxygen atoms in total. The number of rotatable bonds is 4. The lowest BCUT2D eigenvalue weighted by atomic mass is 9.91. The third-order valence-electron chi connectivity index (χ3n) is 3.25. The van der Waals surface area contributed by atoms with Crippen LogP contribution in [-0.2, 0) is 16.1 Å². The van der Waals surface area contributed by atoms with E-state index in [2.05, 4.69) is 10.3 Å². The van der Waals surface area contributed by atoms with Crippen LogP contribution >= 0.6 is 0 Å². The van der Waals surface area contributed by atoms with Gasteiger partial charge < -0.3 is 15.2 Å². The molecule has 0 radical (unpaired) electrons. The van der Waals surface area contributed by atoms with Crippen LogP contribution in [0.2, 0.25) is 0 Å². The Morgan fingerprint density at radius 2 is 2.26 bits per heavy atom. The Hall–Kier alpha value is -1.73. The maximum atomic E-state index is 11.9. The van der Waals surface area contributed by atoms with Crippen LogP contribution in [0, 0.1) is 0 Å². The summed E-state index contributed by atoms with van der Waals surface area (Å²) in [5.74, 6) is -0.314. The number of aliphatic hydroxyl groups excluding tert-OH is 1. The predicted octanol–water partition coefficient (Wildman–Crippen LogP) is -1.10. The molecule has 2 heterocycles. The number of hydrogen-bond acceptors (Lipinski definition) is 5. The summed E-state index contributed by atoms with van der Waals surface area (Å²) in [6.07, 6.45) is 4.02. The summed E-state index contributed by atoms with van der Waals surface area (Å²) in [5.41, 5.74) is -1.11. The number of carbonyl (C=O) groups excluding carboxylic acids is 1. The van der Waals surface area contributed by atoms with Gasteiger partial charge in [-0.1, -0.05) is 0 Å². The summed E-state index contributed by atoms with van der Waals surface area (Å²) in [6.45, 7) is 0.778. The van der Waals surface area contributed by atoms with E-state index in [0.29, 0.717) is 26.1 Å². The van der Waals surface area contributed by atoms with E-state index in [1.165, 1.54) is 17.0 Å². The van der Waals surface area contributed by atoms with Crippen LogP contribution < -0.4 is 11.0 Å². The first-order valence-electron chi connectivity index (χ1n) is 6.16. The molecule has 1 aromatic rings. The second-order valence-electron chi connectivity index (χ2n) is 4.63. The average molecular weight is 267 g/mol. The van der Waals surface area contributed by atoms with Crippen molar-refractivity contribution in [3.8, 4) is 0 Å². The molecule has 19 heavy (non-hydrogen) atoms. The van der Waals surface area contributed by atoms with Gasteiger partial charge >= 0.3 is 5.69 Å². The van der Waals surface area contributed by atoms with Gasteiger partial charge in [0.15, 0.2) is 0 Å². The van der Waals surface area contributed by atoms with Gasteiger partial charge in [-0.2, -0.15) is 0 Å². The monoisotopic (exact) mass is 267 g/mol. The van der Waals surface area contributed by atoms with Crippen molar-refractivity contribution in [1.82, 2.24) is 14.9 Å². The smallest absolute Gasteiger partial charge is 0.347 e. The lowest BCUT2D eigenvalue weighted by Crippen LogP contribution is -2.55. The van der Waals surface area contributed by atoms with E-state index in [1.807, 2.05) is 0 Å². The molecule has 104 valence electrons. The Morgan fingerprint density at radius 1 is 1.53 bits per heavy atom. The molecule has 1 saturated heterocycles. The lowest BCUT2D eigenvalue weighted by molar-refractivity contribution is -0.125. The van der Waals surface area contributed by atoms with Gasteiger partial charge in [0.1, 0.15) is 6.54 Å². The van der Waals surface area contributed by atoms with E-state index in [-0.39, 0.29) is 19.1 Å². The Kier molecular flexibility index (Phi) is 4.28. The number of nitrogens with zero attached hydrogens (tertiary/aromatic N) is 2. The molecule has 0 spiro atoms. The zero-order valence-corrected chi connectivity index (χ0v) is 10.5. The normalized spacial score (nSPS) is 17.9. The third-order valence-corrected chi connectivity index (χ3v) is 3.25. The lowest BCUT2D eigenvalue weighted by Gasteiger charge is -2.36. The van der Waals surface area contributed by atoms with Gasteiger partial charge in [-0.15, -0.1) is 0 Å². The van der Waals surface area contributed by atoms with Crippen LogP contribution in [0.1, 0.15) is 12.8 Å². The quantitative estimate of drug-likeness (QED) is 0.722. The number of ether oxygens (including phenoxy) is 1. The van der Waals surface area contributed by atoms with Crippen molar-refractivity contribution < 1.29 is 14.6 Å². The standard InChI is InChI=1S/C12H17N3O4/c16-9-12(2-6-19-7-3-12)14-10(17)8-15-5-1-4-13-11(15)18/h1,4-5,16H,2-3,6-9H2,(H,14,17). The van der Waals surface area contributed by atoms with E-state index in [1.54, 1.807) is 6.07 Å². The molecule has 1 aliphatic heterocycles. The molecule has 2 rings (SSSR count). The number of nitrogens with one attached hydrogen (secondary N) is 1. The molecule has 1 aromatic heterocycles. The SMILES string of the molecule is O=C(Cn1cccnc1=O)NC1(CO)CCOCC1. The highest BCUT2D eigenvalue weighted by atomic mass is 16.5. The Labute approximate surface area is 110 Å². The second kappa shape index (κ2) is 5.94. The third kappa shape index (κ3) is 3.39. The minimum absolute atomic E-state index is 0.102. The topological polar surface area (TPSA) is 93.5 Å². The molecule has 2 N–H and O–H groups in total. The highest BCUT2D eigenvalue weighted by Crippen LogP contribution is 2.19. The summed E-state index contributed by atoms with van der Waals surface area (Å²) >= 11 is 0. The van der Waals surface area contributed by atoms with Crippen molar-refractivity contribution in [2.24, 2.45) is 0 Å². The fraction of sp³-hybridized carbons (Fsp3) is 0.583. The molecule has 1 fully saturated rings. The zero-order chi connectivity index (χ0) is 13.7. The van der Waals surface area contributed by atoms with Crippen LogP contribution in [0.3, 0.4) is 0 Å². The van der Waals surface area contributed by atoms with Gasteiger partial charge in [0.05, 0.1) is 12.1 Å². The Bertz CT molecular complexity index is 494. The van der Waals surface area contributed by atoms with E-state index < -0.39 is 11.2 Å². The molecule has 0 bridgehead atoms. The highest BCUT2D eigenvalue weighted by Gasteiger charge is 2.33. The molecule has 7 heteroatoms. The van der Waals surface area contributed by atoms with Crippen molar-refractivity contribution in [3.63, 3.8) is 0 Å². The summed E-state index contributed by atoms with van der Waals surface area (Å²) in [5, 5.41) is 12.3. The Balaban J connectivity index is 2.00. The number of carbonyl (C=O) groups is 1. The molecule has 1 amide bonds. The van der Waals surface area contributed by atoms with Crippen LogP contribution in [0.15, 0.2) is 23.3 Å². The van der Waals surface area contributed by atoms with Gasteiger partial charge in [-0.3, -0.25) is 9.36 Å². The molecule has 0 unspecified atom stereocenters. The van der Waals surface area contributed by atoms with E-state index in [0.717, 1.165) is 0 Å². The number of hydrogen-bond donors (Lipinski definition) is 2. The minimum atomic E-state index is -0.638. The molecule has 0 saturated carbocycles. The summed E-state index contributed by atoms with van der Waals surface area (Å²) < 4.78 is 6.44. The fourth-order valence-electron chi connectivity index (χ4n) is 2.08. The number of aromatic nitrogens is 2. The maximum Gasteiger partial charge on any atom is 0.347 e. The zero-order valence-electron chi connectivity index (χ0n) is 10.5. The largest absolute Gasteiger partial charge is 0.394 e. The summed E-state index contributed by atoms with van der Waals surface area (Å²) in [6, 6.07) is 1.59. The molecule has 0 aromatic carbocycles. The highest BCUT2D eigenvalue weighted by molar-refractivity contribution is 5.76. The van der Waals surface area contributed by atoms with Gasteiger partial charge in [0.25, 0.3) is 0 Å². The van der Waals surface area contributed by atoms with E-state index in [4.69, 9.17) is 4.74 Å². The fourth-order valence-corrected chi connectivity index (χ4v) is 2.08. The first kappa shape index (κ1) is 13.7. The van der Waals surface area contributed by atoms with Crippen molar-refractivity contribution in [2.75, 3.05) is 19.8 Å².